The molecule has 1 spiro atoms. The van der Waals surface area contributed by atoms with Crippen LogP contribution >= 0.6 is 15.9 Å². The molecule has 3 saturated heterocycles. The van der Waals surface area contributed by atoms with Crippen LogP contribution in [0.5, 0.6) is 0 Å². The first-order valence-electron chi connectivity index (χ1n) is 17.3. The summed E-state index contributed by atoms with van der Waals surface area (Å²) in [5.74, 6) is -3.42. The smallest absolute Gasteiger partial charge is 0.306 e. The highest BCUT2D eigenvalue weighted by molar-refractivity contribution is 9.09. The van der Waals surface area contributed by atoms with Gasteiger partial charge < -0.3 is 29.7 Å². The predicted molar refractivity (Wildman–Crippen MR) is 187 cm³/mol. The molecule has 0 aromatic heterocycles. The van der Waals surface area contributed by atoms with E-state index in [1.807, 2.05) is 51.1 Å². The van der Waals surface area contributed by atoms with Gasteiger partial charge in [0.25, 0.3) is 0 Å². The van der Waals surface area contributed by atoms with Crippen molar-refractivity contribution < 1.29 is 33.8 Å². The molecule has 4 rings (SSSR count). The van der Waals surface area contributed by atoms with E-state index >= 15 is 0 Å². The summed E-state index contributed by atoms with van der Waals surface area (Å²) < 4.78 is 12.3. The summed E-state index contributed by atoms with van der Waals surface area (Å²) in [4.78, 5) is 59.4. The van der Waals surface area contributed by atoms with Gasteiger partial charge in [-0.15, -0.1) is 13.2 Å². The maximum Gasteiger partial charge on any atom is 0.306 e. The lowest BCUT2D eigenvalue weighted by molar-refractivity contribution is -0.154. The molecule has 2 unspecified atom stereocenters. The minimum atomic E-state index is -1.28. The largest absolute Gasteiger partial charge is 0.463 e. The summed E-state index contributed by atoms with van der Waals surface area (Å²) in [6, 6.07) is 6.75. The molecule has 2 N–H and O–H groups in total. The van der Waals surface area contributed by atoms with E-state index in [1.54, 1.807) is 22.0 Å². The number of nitrogens with one attached hydrogen (secondary N) is 1. The molecule has 264 valence electrons. The number of aliphatic hydroxyl groups excluding tert-OH is 1. The van der Waals surface area contributed by atoms with Crippen molar-refractivity contribution >= 4 is 39.6 Å². The molecule has 0 saturated carbocycles. The lowest BCUT2D eigenvalue weighted by Crippen LogP contribution is -2.61. The molecule has 3 amide bonds. The number of carbonyl (C=O) groups is 4. The summed E-state index contributed by atoms with van der Waals surface area (Å²) in [5, 5.41) is 13.8. The van der Waals surface area contributed by atoms with Crippen LogP contribution in [0, 0.1) is 17.8 Å². The SMILES string of the molecule is C=CCCC(=O)OC[C@@H](NC(=O)[C@H]1[C@@H]2O[C@@]3(CC2Br)[C@@H]1C(=O)N([C@@H](CO)[C@@H](C)CC)[C@@H]3C(=O)N(CC=C)C(C)CCC)c1ccccc1. The Morgan fingerprint density at radius 1 is 1.21 bits per heavy atom. The number of hydrogen-bond donors (Lipinski definition) is 2. The number of aliphatic hydroxyl groups is 1. The zero-order valence-corrected chi connectivity index (χ0v) is 30.3. The Morgan fingerprint density at radius 3 is 2.52 bits per heavy atom. The van der Waals surface area contributed by atoms with Crippen molar-refractivity contribution in [3.8, 4) is 0 Å². The number of fused-ring (bicyclic) bond motifs is 1. The molecule has 1 aromatic rings. The maximum atomic E-state index is 14.8. The van der Waals surface area contributed by atoms with E-state index < -0.39 is 53.5 Å². The van der Waals surface area contributed by atoms with Crippen molar-refractivity contribution in [1.82, 2.24) is 15.1 Å². The van der Waals surface area contributed by atoms with E-state index in [0.29, 0.717) is 25.8 Å². The number of rotatable bonds is 18. The Hall–Kier alpha value is -3.02. The number of esters is 1. The highest BCUT2D eigenvalue weighted by Crippen LogP contribution is 2.61. The van der Waals surface area contributed by atoms with Gasteiger partial charge in [-0.2, -0.15) is 0 Å². The molecule has 1 aromatic carbocycles. The number of amides is 3. The number of alkyl halides is 1. The van der Waals surface area contributed by atoms with Crippen LogP contribution in [0.15, 0.2) is 55.6 Å². The minimum Gasteiger partial charge on any atom is -0.463 e. The Morgan fingerprint density at radius 2 is 1.92 bits per heavy atom. The molecule has 3 fully saturated rings. The third kappa shape index (κ3) is 7.28. The van der Waals surface area contributed by atoms with E-state index in [-0.39, 0.29) is 48.2 Å². The molecule has 0 aliphatic carbocycles. The molecule has 10 atom stereocenters. The first kappa shape index (κ1) is 37.8. The molecule has 11 heteroatoms. The van der Waals surface area contributed by atoms with Gasteiger partial charge in [0, 0.05) is 23.8 Å². The molecule has 10 nitrogen and oxygen atoms in total. The van der Waals surface area contributed by atoms with Crippen molar-refractivity contribution in [2.75, 3.05) is 19.8 Å². The third-order valence-electron chi connectivity index (χ3n) is 10.4. The van der Waals surface area contributed by atoms with Crippen LogP contribution in [0.3, 0.4) is 0 Å². The van der Waals surface area contributed by atoms with Gasteiger partial charge >= 0.3 is 5.97 Å². The zero-order chi connectivity index (χ0) is 35.2. The Labute approximate surface area is 293 Å². The fourth-order valence-electron chi connectivity index (χ4n) is 7.82. The third-order valence-corrected chi connectivity index (χ3v) is 11.3. The van der Waals surface area contributed by atoms with Crippen molar-refractivity contribution in [2.45, 2.75) is 107 Å². The van der Waals surface area contributed by atoms with Gasteiger partial charge in [0.05, 0.1) is 36.6 Å². The Bertz CT molecular complexity index is 1330. The second kappa shape index (κ2) is 16.6. The Kier molecular flexibility index (Phi) is 13.1. The summed E-state index contributed by atoms with van der Waals surface area (Å²) in [6.45, 7) is 15.4. The quantitative estimate of drug-likeness (QED) is 0.127. The van der Waals surface area contributed by atoms with E-state index in [4.69, 9.17) is 9.47 Å². The van der Waals surface area contributed by atoms with E-state index in [2.05, 4.69) is 41.3 Å². The van der Waals surface area contributed by atoms with Crippen LogP contribution in [0.25, 0.3) is 0 Å². The van der Waals surface area contributed by atoms with Gasteiger partial charge in [-0.05, 0) is 37.7 Å². The molecular weight excluding hydrogens is 678 g/mol. The number of nitrogens with zero attached hydrogens (tertiary/aromatic N) is 2. The summed E-state index contributed by atoms with van der Waals surface area (Å²) in [7, 11) is 0. The van der Waals surface area contributed by atoms with E-state index in [0.717, 1.165) is 18.4 Å². The van der Waals surface area contributed by atoms with Crippen LogP contribution in [-0.2, 0) is 28.7 Å². The fraction of sp³-hybridized carbons (Fsp3) is 0.622. The molecule has 48 heavy (non-hydrogen) atoms. The molecule has 0 radical (unpaired) electrons. The molecular formula is C37H52BrN3O7. The fourth-order valence-corrected chi connectivity index (χ4v) is 8.76. The van der Waals surface area contributed by atoms with Crippen LogP contribution in [-0.4, -0.2) is 93.0 Å². The number of likely N-dealkylation sites (tertiary alicyclic amines) is 1. The monoisotopic (exact) mass is 729 g/mol. The van der Waals surface area contributed by atoms with Gasteiger partial charge in [-0.1, -0.05) is 92.0 Å². The number of carbonyl (C=O) groups excluding carboxylic acids is 4. The second-order valence-electron chi connectivity index (χ2n) is 13.4. The van der Waals surface area contributed by atoms with Crippen LogP contribution in [0.4, 0.5) is 0 Å². The number of allylic oxidation sites excluding steroid dienone is 1. The van der Waals surface area contributed by atoms with Gasteiger partial charge in [0.2, 0.25) is 17.7 Å². The normalized spacial score (nSPS) is 28.2. The minimum absolute atomic E-state index is 0.0921. The van der Waals surface area contributed by atoms with Crippen LogP contribution < -0.4 is 5.32 Å². The maximum absolute atomic E-state index is 14.8. The van der Waals surface area contributed by atoms with E-state index in [1.165, 1.54) is 0 Å². The van der Waals surface area contributed by atoms with E-state index in [9.17, 15) is 24.3 Å². The average molecular weight is 731 g/mol. The molecule has 3 aliphatic rings. The van der Waals surface area contributed by atoms with Gasteiger partial charge in [0.1, 0.15) is 18.2 Å². The second-order valence-corrected chi connectivity index (χ2v) is 14.6. The molecule has 2 bridgehead atoms. The Balaban J connectivity index is 1.74. The topological polar surface area (TPSA) is 125 Å². The first-order valence-corrected chi connectivity index (χ1v) is 18.2. The van der Waals surface area contributed by atoms with Gasteiger partial charge in [-0.25, -0.2) is 0 Å². The number of halogens is 1. The summed E-state index contributed by atoms with van der Waals surface area (Å²) >= 11 is 3.75. The predicted octanol–water partition coefficient (Wildman–Crippen LogP) is 4.71. The zero-order valence-electron chi connectivity index (χ0n) is 28.7. The molecule has 3 aliphatic heterocycles. The lowest BCUT2D eigenvalue weighted by atomic mass is 9.70. The van der Waals surface area contributed by atoms with Crippen LogP contribution in [0.1, 0.15) is 77.8 Å². The van der Waals surface area contributed by atoms with Crippen molar-refractivity contribution in [3.63, 3.8) is 0 Å². The number of ether oxygens (including phenoxy) is 2. The average Bonchev–Trinajstić information content (AvgIpc) is 3.68. The van der Waals surface area contributed by atoms with Crippen LogP contribution in [0.2, 0.25) is 0 Å². The van der Waals surface area contributed by atoms with Crippen molar-refractivity contribution in [3.05, 3.63) is 61.2 Å². The van der Waals surface area contributed by atoms with Gasteiger partial charge in [0.15, 0.2) is 0 Å². The number of hydrogen-bond acceptors (Lipinski definition) is 7. The molecule has 3 heterocycles. The highest BCUT2D eigenvalue weighted by atomic mass is 79.9. The van der Waals surface area contributed by atoms with Gasteiger partial charge in [-0.3, -0.25) is 19.2 Å². The van der Waals surface area contributed by atoms with Crippen molar-refractivity contribution in [1.29, 1.82) is 0 Å². The highest BCUT2D eigenvalue weighted by Gasteiger charge is 2.77. The van der Waals surface area contributed by atoms with Crippen molar-refractivity contribution in [2.24, 2.45) is 17.8 Å². The number of benzene rings is 1. The summed E-state index contributed by atoms with van der Waals surface area (Å²) in [6.07, 6.45) is 5.97. The lowest BCUT2D eigenvalue weighted by Gasteiger charge is -2.42. The first-order chi connectivity index (χ1) is 23.0. The standard InChI is InChI=1S/C37H52BrN3O7/c1-7-11-18-29(43)47-22-27(25-16-13-12-14-17-25)39-34(44)30-31-35(45)41(28(21-42)23(5)10-4)33(37(31)20-26(38)32(30)48-37)36(46)40(19-9-3)24(6)15-8-2/h7,9,12-14,16-17,23-24,26-28,30-33,42H,1,3,8,10-11,15,18-22H2,2,4-6H3,(H,39,44)/t23-,24?,26?,27+,28-,30+,31-,32+,33+,37-/m0/s1. The summed E-state index contributed by atoms with van der Waals surface area (Å²) in [5.41, 5.74) is -0.535.